The van der Waals surface area contributed by atoms with Crippen molar-refractivity contribution in [3.8, 4) is 0 Å². The van der Waals surface area contributed by atoms with Gasteiger partial charge in [0.25, 0.3) is 0 Å². The first-order chi connectivity index (χ1) is 13.5. The average molecular weight is 397 g/mol. The maximum absolute atomic E-state index is 11.5. The van der Waals surface area contributed by atoms with Gasteiger partial charge in [-0.2, -0.15) is 4.98 Å². The van der Waals surface area contributed by atoms with Crippen molar-refractivity contribution in [3.63, 3.8) is 0 Å². The van der Waals surface area contributed by atoms with Gasteiger partial charge < -0.3 is 19.8 Å². The number of amides is 2. The van der Waals surface area contributed by atoms with Gasteiger partial charge in [-0.25, -0.2) is 4.79 Å². The second-order valence-electron chi connectivity index (χ2n) is 7.33. The zero-order valence-electron chi connectivity index (χ0n) is 17.7. The summed E-state index contributed by atoms with van der Waals surface area (Å²) in [5.74, 6) is 0.340. The second kappa shape index (κ2) is 13.1. The zero-order valence-corrected chi connectivity index (χ0v) is 17.7. The van der Waals surface area contributed by atoms with E-state index in [1.807, 2.05) is 13.8 Å². The quantitative estimate of drug-likeness (QED) is 0.648. The van der Waals surface area contributed by atoms with E-state index in [1.54, 1.807) is 14.1 Å². The first-order valence-corrected chi connectivity index (χ1v) is 10.4. The molecule has 8 heteroatoms. The Morgan fingerprint density at radius 1 is 1.25 bits per heavy atom. The van der Waals surface area contributed by atoms with Gasteiger partial charge in [-0.3, -0.25) is 4.79 Å². The van der Waals surface area contributed by atoms with Crippen molar-refractivity contribution in [2.45, 2.75) is 84.1 Å². The number of aromatic nitrogens is 2. The predicted octanol–water partition coefficient (Wildman–Crippen LogP) is 4.18. The summed E-state index contributed by atoms with van der Waals surface area (Å²) in [5, 5.41) is 15.7. The summed E-state index contributed by atoms with van der Waals surface area (Å²) in [4.78, 5) is 28.4. The molecule has 1 fully saturated rings. The lowest BCUT2D eigenvalue weighted by atomic mass is 9.84. The van der Waals surface area contributed by atoms with Gasteiger partial charge in [-0.1, -0.05) is 63.9 Å². The summed E-state index contributed by atoms with van der Waals surface area (Å²) >= 11 is 0. The van der Waals surface area contributed by atoms with E-state index in [-0.39, 0.29) is 24.9 Å². The van der Waals surface area contributed by atoms with Gasteiger partial charge in [0.05, 0.1) is 13.0 Å². The number of aliphatic carboxylic acids is 1. The fourth-order valence-corrected chi connectivity index (χ4v) is 3.47. The Hall–Kier alpha value is -2.12. The third kappa shape index (κ3) is 8.71. The van der Waals surface area contributed by atoms with Crippen LogP contribution in [0.25, 0.3) is 0 Å². The molecule has 1 aliphatic rings. The predicted molar refractivity (Wildman–Crippen MR) is 107 cm³/mol. The molecule has 0 bridgehead atoms. The maximum atomic E-state index is 11.5. The molecule has 1 atom stereocenters. The van der Waals surface area contributed by atoms with E-state index >= 15 is 0 Å². The van der Waals surface area contributed by atoms with Crippen molar-refractivity contribution in [3.05, 3.63) is 11.7 Å². The molecule has 0 radical (unpaired) electrons. The first kappa shape index (κ1) is 23.9. The molecule has 8 nitrogen and oxygen atoms in total. The molecular formula is C20H36N4O4. The molecule has 0 unspecified atom stereocenters. The molecule has 0 saturated heterocycles. The molecule has 0 aliphatic heterocycles. The van der Waals surface area contributed by atoms with Crippen LogP contribution in [0.15, 0.2) is 4.52 Å². The smallest absolute Gasteiger partial charge is 0.317 e. The summed E-state index contributed by atoms with van der Waals surface area (Å²) in [5.41, 5.74) is 0. The number of carboxylic acid groups (broad SMARTS) is 1. The van der Waals surface area contributed by atoms with Crippen molar-refractivity contribution >= 4 is 12.0 Å². The van der Waals surface area contributed by atoms with Crippen LogP contribution in [0.1, 0.15) is 89.3 Å². The largest absolute Gasteiger partial charge is 0.481 e. The molecule has 2 amide bonds. The zero-order chi connectivity index (χ0) is 20.9. The van der Waals surface area contributed by atoms with E-state index in [9.17, 15) is 14.7 Å². The Morgan fingerprint density at radius 2 is 1.93 bits per heavy atom. The molecule has 2 rings (SSSR count). The fraction of sp³-hybridized carbons (Fsp3) is 0.800. The van der Waals surface area contributed by atoms with E-state index in [2.05, 4.69) is 15.5 Å². The molecule has 1 aliphatic carbocycles. The van der Waals surface area contributed by atoms with Crippen LogP contribution in [0.4, 0.5) is 4.79 Å². The van der Waals surface area contributed by atoms with Crippen molar-refractivity contribution in [1.82, 2.24) is 20.4 Å². The van der Waals surface area contributed by atoms with E-state index in [0.29, 0.717) is 11.7 Å². The highest BCUT2D eigenvalue weighted by Gasteiger charge is 2.23. The van der Waals surface area contributed by atoms with Crippen LogP contribution in [0, 0.1) is 5.92 Å². The lowest BCUT2D eigenvalue weighted by Crippen LogP contribution is -2.34. The summed E-state index contributed by atoms with van der Waals surface area (Å²) in [6, 6.07) is -0.245. The summed E-state index contributed by atoms with van der Waals surface area (Å²) < 4.78 is 5.27. The highest BCUT2D eigenvalue weighted by atomic mass is 16.5. The number of urea groups is 1. The van der Waals surface area contributed by atoms with E-state index in [1.165, 1.54) is 37.0 Å². The third-order valence-corrected chi connectivity index (χ3v) is 4.95. The summed E-state index contributed by atoms with van der Waals surface area (Å²) in [7, 11) is 3.29. The molecule has 0 aromatic carbocycles. The van der Waals surface area contributed by atoms with E-state index in [0.717, 1.165) is 25.2 Å². The Bertz CT molecular complexity index is 583. The topological polar surface area (TPSA) is 109 Å². The summed E-state index contributed by atoms with van der Waals surface area (Å²) in [6.45, 7) is 4.16. The van der Waals surface area contributed by atoms with Gasteiger partial charge in [-0.15, -0.1) is 0 Å². The Labute approximate surface area is 168 Å². The van der Waals surface area contributed by atoms with Gasteiger partial charge in [0.2, 0.25) is 5.89 Å². The fourth-order valence-electron chi connectivity index (χ4n) is 3.47. The van der Waals surface area contributed by atoms with Crippen LogP contribution in [0.5, 0.6) is 0 Å². The number of nitrogens with one attached hydrogen (secondary N) is 1. The minimum Gasteiger partial charge on any atom is -0.481 e. The standard InChI is InChI=1S/C18H30N4O4.C2H6/c1-22(2)18(25)19-12-15-20-17(26-21-15)14(11-16(23)24)10-6-9-13-7-4-3-5-8-13;1-2/h13-14H,3-12H2,1-2H3,(H,19,25)(H,23,24);1-2H3/t14-;/m1./s1. The van der Waals surface area contributed by atoms with Crippen molar-refractivity contribution in [1.29, 1.82) is 0 Å². The third-order valence-electron chi connectivity index (χ3n) is 4.95. The second-order valence-corrected chi connectivity index (χ2v) is 7.33. The van der Waals surface area contributed by atoms with Gasteiger partial charge in [-0.05, 0) is 12.3 Å². The van der Waals surface area contributed by atoms with Gasteiger partial charge >= 0.3 is 12.0 Å². The van der Waals surface area contributed by atoms with E-state index < -0.39 is 5.97 Å². The number of nitrogens with zero attached hydrogens (tertiary/aromatic N) is 3. The Balaban J connectivity index is 0.00000190. The van der Waals surface area contributed by atoms with E-state index in [4.69, 9.17) is 4.52 Å². The first-order valence-electron chi connectivity index (χ1n) is 10.4. The minimum atomic E-state index is -0.867. The molecule has 160 valence electrons. The number of carbonyl (C=O) groups excluding carboxylic acids is 1. The van der Waals surface area contributed by atoms with Crippen LogP contribution >= 0.6 is 0 Å². The molecule has 0 spiro atoms. The van der Waals surface area contributed by atoms with Gasteiger partial charge in [0.1, 0.15) is 0 Å². The number of hydrogen-bond acceptors (Lipinski definition) is 5. The SMILES string of the molecule is CC.CN(C)C(=O)NCc1noc([C@H](CCCC2CCCCC2)CC(=O)O)n1. The highest BCUT2D eigenvalue weighted by Crippen LogP contribution is 2.31. The molecule has 1 aromatic rings. The monoisotopic (exact) mass is 396 g/mol. The van der Waals surface area contributed by atoms with Crippen LogP contribution in [0.2, 0.25) is 0 Å². The van der Waals surface area contributed by atoms with Crippen LogP contribution in [0.3, 0.4) is 0 Å². The van der Waals surface area contributed by atoms with Crippen LogP contribution < -0.4 is 5.32 Å². The van der Waals surface area contributed by atoms with Crippen LogP contribution in [-0.4, -0.2) is 46.2 Å². The molecule has 1 heterocycles. The van der Waals surface area contributed by atoms with Crippen molar-refractivity contribution in [2.75, 3.05) is 14.1 Å². The summed E-state index contributed by atoms with van der Waals surface area (Å²) in [6.07, 6.45) is 9.37. The molecule has 28 heavy (non-hydrogen) atoms. The number of rotatable bonds is 9. The van der Waals surface area contributed by atoms with Gasteiger partial charge in [0, 0.05) is 20.0 Å². The normalized spacial score (nSPS) is 15.3. The Kier molecular flexibility index (Phi) is 11.2. The molecule has 1 saturated carbocycles. The molecule has 2 N–H and O–H groups in total. The molecule has 1 aromatic heterocycles. The number of carboxylic acids is 1. The maximum Gasteiger partial charge on any atom is 0.317 e. The number of hydrogen-bond donors (Lipinski definition) is 2. The number of carbonyl (C=O) groups is 2. The lowest BCUT2D eigenvalue weighted by molar-refractivity contribution is -0.137. The van der Waals surface area contributed by atoms with Crippen molar-refractivity contribution in [2.24, 2.45) is 5.92 Å². The van der Waals surface area contributed by atoms with Crippen molar-refractivity contribution < 1.29 is 19.2 Å². The van der Waals surface area contributed by atoms with Gasteiger partial charge in [0.15, 0.2) is 5.82 Å². The highest BCUT2D eigenvalue weighted by molar-refractivity contribution is 5.73. The lowest BCUT2D eigenvalue weighted by Gasteiger charge is -2.21. The average Bonchev–Trinajstić information content (AvgIpc) is 3.16. The Morgan fingerprint density at radius 3 is 2.54 bits per heavy atom. The molecular weight excluding hydrogens is 360 g/mol. The van der Waals surface area contributed by atoms with Crippen LogP contribution in [-0.2, 0) is 11.3 Å². The minimum absolute atomic E-state index is 0.0175.